The van der Waals surface area contributed by atoms with Crippen LogP contribution < -0.4 is 10.6 Å². The van der Waals surface area contributed by atoms with E-state index in [2.05, 4.69) is 17.6 Å². The maximum Gasteiger partial charge on any atom is 0.341 e. The second kappa shape index (κ2) is 8.18. The van der Waals surface area contributed by atoms with Crippen LogP contribution in [0.2, 0.25) is 0 Å². The van der Waals surface area contributed by atoms with Crippen LogP contribution in [0.25, 0.3) is 0 Å². The van der Waals surface area contributed by atoms with E-state index >= 15 is 0 Å². The molecule has 8 heteroatoms. The van der Waals surface area contributed by atoms with Gasteiger partial charge in [0.2, 0.25) is 11.8 Å². The van der Waals surface area contributed by atoms with Crippen LogP contribution in [0, 0.1) is 5.92 Å². The van der Waals surface area contributed by atoms with Gasteiger partial charge >= 0.3 is 5.97 Å². The lowest BCUT2D eigenvalue weighted by molar-refractivity contribution is -0.125. The second-order valence-corrected chi connectivity index (χ2v) is 7.99. The molecule has 1 aromatic heterocycles. The molecule has 1 aliphatic carbocycles. The molecular formula is C18H25N3O4S. The Morgan fingerprint density at radius 2 is 2.23 bits per heavy atom. The first-order valence-corrected chi connectivity index (χ1v) is 9.90. The third-order valence-corrected chi connectivity index (χ3v) is 5.90. The minimum absolute atomic E-state index is 0.0724. The highest BCUT2D eigenvalue weighted by atomic mass is 32.1. The maximum atomic E-state index is 12.5. The van der Waals surface area contributed by atoms with E-state index in [9.17, 15) is 14.4 Å². The van der Waals surface area contributed by atoms with Gasteiger partial charge in [0.25, 0.3) is 0 Å². The van der Waals surface area contributed by atoms with Gasteiger partial charge in [-0.05, 0) is 37.7 Å². The number of fused-ring (bicyclic) bond motifs is 1. The average Bonchev–Trinajstić information content (AvgIpc) is 2.91. The number of esters is 1. The Kier molecular flexibility index (Phi) is 5.93. The van der Waals surface area contributed by atoms with E-state index < -0.39 is 0 Å². The monoisotopic (exact) mass is 379 g/mol. The number of ether oxygens (including phenoxy) is 1. The van der Waals surface area contributed by atoms with Crippen molar-refractivity contribution in [1.82, 2.24) is 10.2 Å². The van der Waals surface area contributed by atoms with Gasteiger partial charge in [-0.15, -0.1) is 11.3 Å². The van der Waals surface area contributed by atoms with Crippen LogP contribution in [0.4, 0.5) is 5.00 Å². The molecule has 2 amide bonds. The van der Waals surface area contributed by atoms with Crippen LogP contribution in [0.15, 0.2) is 0 Å². The summed E-state index contributed by atoms with van der Waals surface area (Å²) in [6.07, 6.45) is 2.80. The number of hydrogen-bond donors (Lipinski definition) is 2. The molecule has 1 fully saturated rings. The summed E-state index contributed by atoms with van der Waals surface area (Å²) in [6, 6.07) is 0. The lowest BCUT2D eigenvalue weighted by Gasteiger charge is -2.25. The molecule has 2 aliphatic rings. The van der Waals surface area contributed by atoms with Crippen molar-refractivity contribution in [2.75, 3.05) is 38.1 Å². The van der Waals surface area contributed by atoms with E-state index in [-0.39, 0.29) is 30.9 Å². The molecule has 0 aromatic carbocycles. The fraction of sp³-hybridized carbons (Fsp3) is 0.611. The normalized spacial score (nSPS) is 20.2. The Balaban J connectivity index is 1.76. The van der Waals surface area contributed by atoms with Crippen molar-refractivity contribution in [3.05, 3.63) is 16.0 Å². The third kappa shape index (κ3) is 4.24. The number of rotatable bonds is 5. The molecule has 2 heterocycles. The summed E-state index contributed by atoms with van der Waals surface area (Å²) in [5.74, 6) is -0.0763. The molecular weight excluding hydrogens is 354 g/mol. The Labute approximate surface area is 157 Å². The van der Waals surface area contributed by atoms with E-state index in [0.29, 0.717) is 36.2 Å². The minimum Gasteiger partial charge on any atom is -0.462 e. The number of carbonyl (C=O) groups excluding carboxylic acids is 3. The first-order chi connectivity index (χ1) is 12.5. The van der Waals surface area contributed by atoms with Gasteiger partial charge in [-0.25, -0.2) is 4.79 Å². The van der Waals surface area contributed by atoms with Gasteiger partial charge in [-0.1, -0.05) is 6.92 Å². The van der Waals surface area contributed by atoms with Crippen molar-refractivity contribution in [1.29, 1.82) is 0 Å². The molecule has 1 atom stereocenters. The number of anilines is 1. The standard InChI is InChI=1S/C18H25N3O4S/c1-3-25-18(24)16-12-5-4-11(2)8-13(12)26-17(16)20-15(23)10-21-7-6-19-14(22)9-21/h11H,3-10H2,1-2H3,(H,19,22)(H,20,23). The molecule has 142 valence electrons. The summed E-state index contributed by atoms with van der Waals surface area (Å²) in [5.41, 5.74) is 1.54. The molecule has 26 heavy (non-hydrogen) atoms. The highest BCUT2D eigenvalue weighted by Gasteiger charge is 2.29. The highest BCUT2D eigenvalue weighted by Crippen LogP contribution is 2.40. The number of piperazine rings is 1. The fourth-order valence-corrected chi connectivity index (χ4v) is 4.87. The van der Waals surface area contributed by atoms with Crippen LogP contribution in [0.3, 0.4) is 0 Å². The average molecular weight is 379 g/mol. The number of nitrogens with one attached hydrogen (secondary N) is 2. The van der Waals surface area contributed by atoms with E-state index in [0.717, 1.165) is 24.8 Å². The van der Waals surface area contributed by atoms with Gasteiger partial charge in [0, 0.05) is 18.0 Å². The second-order valence-electron chi connectivity index (χ2n) is 6.89. The molecule has 1 unspecified atom stereocenters. The first kappa shape index (κ1) is 18.8. The molecule has 1 saturated heterocycles. The Hall–Kier alpha value is -1.93. The molecule has 1 aromatic rings. The summed E-state index contributed by atoms with van der Waals surface area (Å²) in [7, 11) is 0. The largest absolute Gasteiger partial charge is 0.462 e. The van der Waals surface area contributed by atoms with Crippen LogP contribution in [-0.2, 0) is 27.2 Å². The highest BCUT2D eigenvalue weighted by molar-refractivity contribution is 7.17. The molecule has 1 aliphatic heterocycles. The summed E-state index contributed by atoms with van der Waals surface area (Å²) < 4.78 is 5.22. The summed E-state index contributed by atoms with van der Waals surface area (Å²) in [6.45, 7) is 5.82. The van der Waals surface area contributed by atoms with Crippen molar-refractivity contribution < 1.29 is 19.1 Å². The van der Waals surface area contributed by atoms with Gasteiger partial charge in [0.15, 0.2) is 0 Å². The molecule has 0 bridgehead atoms. The van der Waals surface area contributed by atoms with Gasteiger partial charge in [0.1, 0.15) is 5.00 Å². The predicted octanol–water partition coefficient (Wildman–Crippen LogP) is 1.42. The van der Waals surface area contributed by atoms with Crippen molar-refractivity contribution in [2.24, 2.45) is 5.92 Å². The third-order valence-electron chi connectivity index (χ3n) is 4.73. The van der Waals surface area contributed by atoms with Crippen LogP contribution >= 0.6 is 11.3 Å². The number of nitrogens with zero attached hydrogens (tertiary/aromatic N) is 1. The van der Waals surface area contributed by atoms with E-state index in [1.807, 2.05) is 0 Å². The molecule has 0 spiro atoms. The molecule has 7 nitrogen and oxygen atoms in total. The lowest BCUT2D eigenvalue weighted by atomic mass is 9.88. The molecule has 3 rings (SSSR count). The first-order valence-electron chi connectivity index (χ1n) is 9.08. The molecule has 0 saturated carbocycles. The minimum atomic E-state index is -0.368. The van der Waals surface area contributed by atoms with Crippen LogP contribution in [-0.4, -0.2) is 55.5 Å². The zero-order valence-electron chi connectivity index (χ0n) is 15.2. The van der Waals surface area contributed by atoms with Gasteiger partial charge in [-0.2, -0.15) is 0 Å². The van der Waals surface area contributed by atoms with Crippen LogP contribution in [0.5, 0.6) is 0 Å². The Bertz CT molecular complexity index is 716. The number of hydrogen-bond acceptors (Lipinski definition) is 6. The van der Waals surface area contributed by atoms with E-state index in [1.54, 1.807) is 11.8 Å². The van der Waals surface area contributed by atoms with Crippen molar-refractivity contribution >= 4 is 34.1 Å². The summed E-state index contributed by atoms with van der Waals surface area (Å²) in [4.78, 5) is 39.3. The van der Waals surface area contributed by atoms with E-state index in [4.69, 9.17) is 4.74 Å². The van der Waals surface area contributed by atoms with Gasteiger partial charge in [0.05, 0.1) is 25.3 Å². The SMILES string of the molecule is CCOC(=O)c1c(NC(=O)CN2CCNC(=O)C2)sc2c1CCC(C)C2. The quantitative estimate of drug-likeness (QED) is 0.756. The lowest BCUT2D eigenvalue weighted by Crippen LogP contribution is -2.49. The van der Waals surface area contributed by atoms with Crippen molar-refractivity contribution in [2.45, 2.75) is 33.1 Å². The smallest absolute Gasteiger partial charge is 0.341 e. The predicted molar refractivity (Wildman–Crippen MR) is 99.5 cm³/mol. The van der Waals surface area contributed by atoms with Crippen molar-refractivity contribution in [3.63, 3.8) is 0 Å². The summed E-state index contributed by atoms with van der Waals surface area (Å²) >= 11 is 1.48. The fourth-order valence-electron chi connectivity index (χ4n) is 3.45. The Morgan fingerprint density at radius 3 is 2.96 bits per heavy atom. The summed E-state index contributed by atoms with van der Waals surface area (Å²) in [5, 5.41) is 6.21. The van der Waals surface area contributed by atoms with Crippen LogP contribution in [0.1, 0.15) is 41.1 Å². The zero-order chi connectivity index (χ0) is 18.7. The molecule has 0 radical (unpaired) electrons. The zero-order valence-corrected chi connectivity index (χ0v) is 16.0. The van der Waals surface area contributed by atoms with Crippen molar-refractivity contribution in [3.8, 4) is 0 Å². The maximum absolute atomic E-state index is 12.5. The Morgan fingerprint density at radius 1 is 1.42 bits per heavy atom. The molecule has 2 N–H and O–H groups in total. The number of thiophene rings is 1. The van der Waals surface area contributed by atoms with Gasteiger partial charge in [-0.3, -0.25) is 14.5 Å². The number of amides is 2. The topological polar surface area (TPSA) is 87.7 Å². The van der Waals surface area contributed by atoms with Gasteiger partial charge < -0.3 is 15.4 Å². The van der Waals surface area contributed by atoms with E-state index in [1.165, 1.54) is 16.2 Å². The number of carbonyl (C=O) groups is 3.